The number of hydrogen-bond acceptors (Lipinski definition) is 3. The molecule has 0 heterocycles. The van der Waals surface area contributed by atoms with Gasteiger partial charge in [-0.15, -0.1) is 0 Å². The van der Waals surface area contributed by atoms with Crippen LogP contribution in [0.15, 0.2) is 0 Å². The standard InChI is InChI=1S/C12H27N3O/c1-6-15(7-2)8-11(16)14(5)10-12(3,4)9-13/h6-10,13H2,1-5H3. The largest absolute Gasteiger partial charge is 0.344 e. The molecule has 0 aromatic heterocycles. The van der Waals surface area contributed by atoms with E-state index < -0.39 is 0 Å². The number of likely N-dealkylation sites (N-methyl/N-ethyl adjacent to an activating group) is 2. The third kappa shape index (κ3) is 5.47. The predicted molar refractivity (Wildman–Crippen MR) is 68.3 cm³/mol. The van der Waals surface area contributed by atoms with Crippen molar-refractivity contribution in [1.82, 2.24) is 9.80 Å². The van der Waals surface area contributed by atoms with Crippen molar-refractivity contribution in [1.29, 1.82) is 0 Å². The lowest BCUT2D eigenvalue weighted by Crippen LogP contribution is -2.44. The summed E-state index contributed by atoms with van der Waals surface area (Å²) in [7, 11) is 1.85. The van der Waals surface area contributed by atoms with Gasteiger partial charge in [-0.3, -0.25) is 9.69 Å². The van der Waals surface area contributed by atoms with Crippen LogP contribution >= 0.6 is 0 Å². The number of amides is 1. The Bertz CT molecular complexity index is 212. The van der Waals surface area contributed by atoms with E-state index in [-0.39, 0.29) is 11.3 Å². The van der Waals surface area contributed by atoms with Crippen LogP contribution in [0.25, 0.3) is 0 Å². The summed E-state index contributed by atoms with van der Waals surface area (Å²) >= 11 is 0. The molecule has 0 aliphatic rings. The van der Waals surface area contributed by atoms with Gasteiger partial charge in [0.25, 0.3) is 0 Å². The first-order valence-electron chi connectivity index (χ1n) is 6.02. The summed E-state index contributed by atoms with van der Waals surface area (Å²) in [6.45, 7) is 11.9. The fraction of sp³-hybridized carbons (Fsp3) is 0.917. The molecule has 0 fully saturated rings. The maximum Gasteiger partial charge on any atom is 0.236 e. The van der Waals surface area contributed by atoms with Crippen molar-refractivity contribution in [3.63, 3.8) is 0 Å². The molecule has 0 spiro atoms. The van der Waals surface area contributed by atoms with Crippen LogP contribution in [0, 0.1) is 5.41 Å². The van der Waals surface area contributed by atoms with Gasteiger partial charge in [-0.05, 0) is 25.0 Å². The third-order valence-corrected chi connectivity index (χ3v) is 2.90. The number of carbonyl (C=O) groups excluding carboxylic acids is 1. The van der Waals surface area contributed by atoms with Crippen molar-refractivity contribution >= 4 is 5.91 Å². The van der Waals surface area contributed by atoms with Gasteiger partial charge in [0.1, 0.15) is 0 Å². The molecule has 0 atom stereocenters. The van der Waals surface area contributed by atoms with Gasteiger partial charge in [0.05, 0.1) is 6.54 Å². The Morgan fingerprint density at radius 3 is 2.12 bits per heavy atom. The van der Waals surface area contributed by atoms with Gasteiger partial charge in [0.2, 0.25) is 5.91 Å². The minimum Gasteiger partial charge on any atom is -0.344 e. The lowest BCUT2D eigenvalue weighted by molar-refractivity contribution is -0.132. The Kier molecular flexibility index (Phi) is 6.60. The van der Waals surface area contributed by atoms with E-state index in [0.29, 0.717) is 19.6 Å². The van der Waals surface area contributed by atoms with E-state index in [4.69, 9.17) is 5.73 Å². The van der Waals surface area contributed by atoms with Crippen LogP contribution in [0.2, 0.25) is 0 Å². The number of nitrogens with two attached hydrogens (primary N) is 1. The summed E-state index contributed by atoms with van der Waals surface area (Å²) in [5.74, 6) is 0.172. The Balaban J connectivity index is 4.18. The van der Waals surface area contributed by atoms with Crippen molar-refractivity contribution in [3.8, 4) is 0 Å². The molecule has 2 N–H and O–H groups in total. The second-order valence-corrected chi connectivity index (χ2v) is 5.08. The molecule has 0 aliphatic carbocycles. The molecule has 0 unspecified atom stereocenters. The molecule has 0 rings (SSSR count). The van der Waals surface area contributed by atoms with Gasteiger partial charge in [-0.2, -0.15) is 0 Å². The smallest absolute Gasteiger partial charge is 0.236 e. The molecule has 0 saturated carbocycles. The summed E-state index contributed by atoms with van der Waals surface area (Å²) < 4.78 is 0. The quantitative estimate of drug-likeness (QED) is 0.701. The normalized spacial score (nSPS) is 11.9. The van der Waals surface area contributed by atoms with Crippen LogP contribution < -0.4 is 5.73 Å². The second kappa shape index (κ2) is 6.86. The second-order valence-electron chi connectivity index (χ2n) is 5.08. The van der Waals surface area contributed by atoms with Crippen LogP contribution in [0.3, 0.4) is 0 Å². The minimum atomic E-state index is -0.00628. The summed E-state index contributed by atoms with van der Waals surface area (Å²) in [4.78, 5) is 15.8. The van der Waals surface area contributed by atoms with Crippen LogP contribution in [0.4, 0.5) is 0 Å². The molecule has 0 radical (unpaired) electrons. The van der Waals surface area contributed by atoms with Crippen LogP contribution in [-0.2, 0) is 4.79 Å². The first-order chi connectivity index (χ1) is 7.36. The monoisotopic (exact) mass is 229 g/mol. The highest BCUT2D eigenvalue weighted by Gasteiger charge is 2.21. The van der Waals surface area contributed by atoms with E-state index in [1.54, 1.807) is 4.90 Å². The molecule has 0 aliphatic heterocycles. The average Bonchev–Trinajstić information content (AvgIpc) is 2.24. The van der Waals surface area contributed by atoms with Gasteiger partial charge in [-0.25, -0.2) is 0 Å². The topological polar surface area (TPSA) is 49.6 Å². The number of hydrogen-bond donors (Lipinski definition) is 1. The first kappa shape index (κ1) is 15.4. The Hall–Kier alpha value is -0.610. The van der Waals surface area contributed by atoms with Crippen molar-refractivity contribution < 1.29 is 4.79 Å². The summed E-state index contributed by atoms with van der Waals surface area (Å²) in [6, 6.07) is 0. The molecular weight excluding hydrogens is 202 g/mol. The van der Waals surface area contributed by atoms with Crippen LogP contribution in [0.5, 0.6) is 0 Å². The molecule has 0 saturated heterocycles. The van der Waals surface area contributed by atoms with Crippen molar-refractivity contribution in [2.45, 2.75) is 27.7 Å². The lowest BCUT2D eigenvalue weighted by atomic mass is 9.93. The average molecular weight is 229 g/mol. The molecule has 0 aromatic rings. The zero-order valence-electron chi connectivity index (χ0n) is 11.4. The van der Waals surface area contributed by atoms with Gasteiger partial charge in [0, 0.05) is 13.6 Å². The van der Waals surface area contributed by atoms with Crippen LogP contribution in [0.1, 0.15) is 27.7 Å². The molecule has 0 bridgehead atoms. The SMILES string of the molecule is CCN(CC)CC(=O)N(C)CC(C)(C)CN. The zero-order valence-corrected chi connectivity index (χ0v) is 11.4. The maximum atomic E-state index is 11.9. The first-order valence-corrected chi connectivity index (χ1v) is 6.02. The Morgan fingerprint density at radius 1 is 1.25 bits per heavy atom. The number of rotatable bonds is 7. The lowest BCUT2D eigenvalue weighted by Gasteiger charge is -2.30. The van der Waals surface area contributed by atoms with Gasteiger partial charge in [0.15, 0.2) is 0 Å². The van der Waals surface area contributed by atoms with E-state index in [9.17, 15) is 4.79 Å². The summed E-state index contributed by atoms with van der Waals surface area (Å²) in [6.07, 6.45) is 0. The Labute approximate surface area is 99.8 Å². The van der Waals surface area contributed by atoms with Gasteiger partial charge < -0.3 is 10.6 Å². The van der Waals surface area contributed by atoms with Gasteiger partial charge >= 0.3 is 0 Å². The van der Waals surface area contributed by atoms with E-state index in [2.05, 4.69) is 32.6 Å². The molecule has 16 heavy (non-hydrogen) atoms. The highest BCUT2D eigenvalue weighted by atomic mass is 16.2. The molecule has 4 nitrogen and oxygen atoms in total. The Morgan fingerprint density at radius 2 is 1.75 bits per heavy atom. The third-order valence-electron chi connectivity index (χ3n) is 2.90. The maximum absolute atomic E-state index is 11.9. The van der Waals surface area contributed by atoms with Crippen molar-refractivity contribution in [2.24, 2.45) is 11.1 Å². The van der Waals surface area contributed by atoms with E-state index in [1.165, 1.54) is 0 Å². The van der Waals surface area contributed by atoms with Gasteiger partial charge in [-0.1, -0.05) is 27.7 Å². The minimum absolute atomic E-state index is 0.00628. The van der Waals surface area contributed by atoms with Crippen molar-refractivity contribution in [3.05, 3.63) is 0 Å². The fourth-order valence-corrected chi connectivity index (χ4v) is 1.55. The molecular formula is C12H27N3O. The molecule has 96 valence electrons. The van der Waals surface area contributed by atoms with Crippen LogP contribution in [-0.4, -0.2) is 55.5 Å². The summed E-state index contributed by atoms with van der Waals surface area (Å²) in [5.41, 5.74) is 5.65. The van der Waals surface area contributed by atoms with E-state index in [0.717, 1.165) is 13.1 Å². The van der Waals surface area contributed by atoms with Crippen molar-refractivity contribution in [2.75, 3.05) is 39.8 Å². The summed E-state index contributed by atoms with van der Waals surface area (Å²) in [5, 5.41) is 0. The molecule has 4 heteroatoms. The predicted octanol–water partition coefficient (Wildman–Crippen LogP) is 0.772. The highest BCUT2D eigenvalue weighted by Crippen LogP contribution is 2.13. The molecule has 0 aromatic carbocycles. The van der Waals surface area contributed by atoms with E-state index >= 15 is 0 Å². The molecule has 1 amide bonds. The number of nitrogens with zero attached hydrogens (tertiary/aromatic N) is 2. The number of carbonyl (C=O) groups is 1. The zero-order chi connectivity index (χ0) is 12.8. The highest BCUT2D eigenvalue weighted by molar-refractivity contribution is 5.78. The van der Waals surface area contributed by atoms with E-state index in [1.807, 2.05) is 7.05 Å². The fourth-order valence-electron chi connectivity index (χ4n) is 1.55.